The predicted molar refractivity (Wildman–Crippen MR) is 79.4 cm³/mol. The number of aliphatic imine (C=N–C) groups is 1. The minimum Gasteiger partial charge on any atom is -0.356 e. The first kappa shape index (κ1) is 17.8. The Morgan fingerprint density at radius 1 is 1.33 bits per heavy atom. The van der Waals surface area contributed by atoms with Crippen LogP contribution < -0.4 is 10.6 Å². The standard InChI is InChI=1S/C14H25F3N4/c1-11(2)10-21-8-4-12(5-9-21)20-13(18-3)19-7-6-14(15,16)17/h12H,1,4-10H2,2-3H3,(H2,18,19,20). The van der Waals surface area contributed by atoms with Gasteiger partial charge in [0.25, 0.3) is 0 Å². The molecule has 0 aromatic rings. The highest BCUT2D eigenvalue weighted by Gasteiger charge is 2.26. The van der Waals surface area contributed by atoms with E-state index in [9.17, 15) is 13.2 Å². The molecule has 1 fully saturated rings. The average molecular weight is 306 g/mol. The SMILES string of the molecule is C=C(C)CN1CCC(NC(=NC)NCCC(F)(F)F)CC1. The maximum atomic E-state index is 12.1. The number of nitrogens with zero attached hydrogens (tertiary/aromatic N) is 2. The van der Waals surface area contributed by atoms with Crippen molar-refractivity contribution in [1.29, 1.82) is 0 Å². The highest BCUT2D eigenvalue weighted by Crippen LogP contribution is 2.18. The number of halogens is 3. The van der Waals surface area contributed by atoms with Crippen molar-refractivity contribution in [3.8, 4) is 0 Å². The molecule has 7 heteroatoms. The quantitative estimate of drug-likeness (QED) is 0.464. The van der Waals surface area contributed by atoms with E-state index in [2.05, 4.69) is 27.1 Å². The normalized spacial score (nSPS) is 18.6. The molecule has 1 rings (SSSR count). The van der Waals surface area contributed by atoms with E-state index >= 15 is 0 Å². The molecule has 2 N–H and O–H groups in total. The van der Waals surface area contributed by atoms with E-state index in [4.69, 9.17) is 0 Å². The fourth-order valence-electron chi connectivity index (χ4n) is 2.33. The summed E-state index contributed by atoms with van der Waals surface area (Å²) < 4.78 is 36.3. The Balaban J connectivity index is 2.28. The van der Waals surface area contributed by atoms with Gasteiger partial charge < -0.3 is 10.6 Å². The summed E-state index contributed by atoms with van der Waals surface area (Å²) in [5.74, 6) is 0.442. The monoisotopic (exact) mass is 306 g/mol. The average Bonchev–Trinajstić information content (AvgIpc) is 2.37. The highest BCUT2D eigenvalue weighted by molar-refractivity contribution is 5.79. The second-order valence-corrected chi connectivity index (χ2v) is 5.52. The summed E-state index contributed by atoms with van der Waals surface area (Å²) in [5, 5.41) is 5.90. The molecular formula is C14H25F3N4. The van der Waals surface area contributed by atoms with E-state index in [0.29, 0.717) is 5.96 Å². The lowest BCUT2D eigenvalue weighted by atomic mass is 10.0. The molecule has 0 aromatic carbocycles. The van der Waals surface area contributed by atoms with Crippen LogP contribution in [0.25, 0.3) is 0 Å². The van der Waals surface area contributed by atoms with Crippen LogP contribution >= 0.6 is 0 Å². The van der Waals surface area contributed by atoms with Crippen LogP contribution in [0.5, 0.6) is 0 Å². The molecule has 122 valence electrons. The number of likely N-dealkylation sites (tertiary alicyclic amines) is 1. The number of hydrogen-bond donors (Lipinski definition) is 2. The van der Waals surface area contributed by atoms with Crippen LogP contribution in [0.2, 0.25) is 0 Å². The largest absolute Gasteiger partial charge is 0.390 e. The van der Waals surface area contributed by atoms with Crippen LogP contribution in [0.3, 0.4) is 0 Å². The van der Waals surface area contributed by atoms with Gasteiger partial charge in [0.05, 0.1) is 6.42 Å². The van der Waals surface area contributed by atoms with E-state index in [1.54, 1.807) is 7.05 Å². The number of nitrogens with one attached hydrogen (secondary N) is 2. The number of guanidine groups is 1. The molecule has 4 nitrogen and oxygen atoms in total. The van der Waals surface area contributed by atoms with Crippen molar-refractivity contribution in [3.05, 3.63) is 12.2 Å². The zero-order valence-electron chi connectivity index (χ0n) is 12.8. The predicted octanol–water partition coefficient (Wildman–Crippen LogP) is 2.14. The molecule has 0 saturated carbocycles. The Kier molecular flexibility index (Phi) is 7.01. The Morgan fingerprint density at radius 2 is 1.95 bits per heavy atom. The van der Waals surface area contributed by atoms with Crippen LogP contribution in [-0.2, 0) is 0 Å². The lowest BCUT2D eigenvalue weighted by molar-refractivity contribution is -0.132. The van der Waals surface area contributed by atoms with Gasteiger partial charge in [-0.05, 0) is 19.8 Å². The molecule has 0 unspecified atom stereocenters. The molecule has 0 bridgehead atoms. The third-order valence-corrected chi connectivity index (χ3v) is 3.35. The molecule has 1 heterocycles. The lowest BCUT2D eigenvalue weighted by Crippen LogP contribution is -2.49. The Bertz CT molecular complexity index is 358. The maximum absolute atomic E-state index is 12.1. The van der Waals surface area contributed by atoms with Crippen LogP contribution in [-0.4, -0.2) is 56.3 Å². The van der Waals surface area contributed by atoms with E-state index in [1.165, 1.54) is 0 Å². The Labute approximate surface area is 124 Å². The minimum absolute atomic E-state index is 0.155. The molecule has 21 heavy (non-hydrogen) atoms. The molecule has 0 aliphatic carbocycles. The maximum Gasteiger partial charge on any atom is 0.390 e. The Hall–Kier alpha value is -1.24. The summed E-state index contributed by atoms with van der Waals surface area (Å²) in [4.78, 5) is 6.30. The number of hydrogen-bond acceptors (Lipinski definition) is 2. The molecule has 1 aliphatic rings. The first-order valence-corrected chi connectivity index (χ1v) is 7.21. The van der Waals surface area contributed by atoms with Crippen LogP contribution in [0.4, 0.5) is 13.2 Å². The van der Waals surface area contributed by atoms with E-state index in [1.807, 2.05) is 6.92 Å². The van der Waals surface area contributed by atoms with Gasteiger partial charge in [-0.25, -0.2) is 0 Å². The van der Waals surface area contributed by atoms with Gasteiger partial charge in [0.15, 0.2) is 5.96 Å². The molecular weight excluding hydrogens is 281 g/mol. The summed E-state index contributed by atoms with van der Waals surface area (Å²) >= 11 is 0. The highest BCUT2D eigenvalue weighted by atomic mass is 19.4. The molecule has 0 atom stereocenters. The zero-order valence-corrected chi connectivity index (χ0v) is 12.8. The second kappa shape index (κ2) is 8.26. The minimum atomic E-state index is -4.14. The van der Waals surface area contributed by atoms with Gasteiger partial charge in [-0.2, -0.15) is 13.2 Å². The van der Waals surface area contributed by atoms with Crippen molar-refractivity contribution < 1.29 is 13.2 Å². The van der Waals surface area contributed by atoms with Crippen molar-refractivity contribution in [1.82, 2.24) is 15.5 Å². The molecule has 0 spiro atoms. The van der Waals surface area contributed by atoms with Gasteiger partial charge in [0.2, 0.25) is 0 Å². The summed E-state index contributed by atoms with van der Waals surface area (Å²) in [6, 6.07) is 0.253. The number of piperidine rings is 1. The van der Waals surface area contributed by atoms with Gasteiger partial charge in [0, 0.05) is 39.3 Å². The van der Waals surface area contributed by atoms with Crippen molar-refractivity contribution in [2.75, 3.05) is 33.2 Å². The molecule has 0 radical (unpaired) electrons. The van der Waals surface area contributed by atoms with Crippen molar-refractivity contribution in [3.63, 3.8) is 0 Å². The van der Waals surface area contributed by atoms with Crippen LogP contribution in [0.1, 0.15) is 26.2 Å². The van der Waals surface area contributed by atoms with E-state index in [0.717, 1.165) is 38.0 Å². The fourth-order valence-corrected chi connectivity index (χ4v) is 2.33. The molecule has 0 amide bonds. The van der Waals surface area contributed by atoms with Crippen LogP contribution in [0.15, 0.2) is 17.1 Å². The van der Waals surface area contributed by atoms with Gasteiger partial charge in [-0.3, -0.25) is 9.89 Å². The fraction of sp³-hybridized carbons (Fsp3) is 0.786. The lowest BCUT2D eigenvalue weighted by Gasteiger charge is -2.33. The molecule has 0 aromatic heterocycles. The smallest absolute Gasteiger partial charge is 0.356 e. The van der Waals surface area contributed by atoms with Crippen LogP contribution in [0, 0.1) is 0 Å². The van der Waals surface area contributed by atoms with Gasteiger partial charge in [0.1, 0.15) is 0 Å². The van der Waals surface area contributed by atoms with Gasteiger partial charge >= 0.3 is 6.18 Å². The molecule has 1 saturated heterocycles. The summed E-state index contributed by atoms with van der Waals surface area (Å²) in [6.45, 7) is 8.59. The Morgan fingerprint density at radius 3 is 2.43 bits per heavy atom. The number of alkyl halides is 3. The zero-order chi connectivity index (χ0) is 15.9. The topological polar surface area (TPSA) is 39.7 Å². The third kappa shape index (κ3) is 7.94. The van der Waals surface area contributed by atoms with Crippen molar-refractivity contribution in [2.45, 2.75) is 38.4 Å². The third-order valence-electron chi connectivity index (χ3n) is 3.35. The second-order valence-electron chi connectivity index (χ2n) is 5.52. The van der Waals surface area contributed by atoms with Crippen molar-refractivity contribution >= 4 is 5.96 Å². The van der Waals surface area contributed by atoms with E-state index in [-0.39, 0.29) is 12.6 Å². The number of rotatable bonds is 5. The van der Waals surface area contributed by atoms with E-state index < -0.39 is 12.6 Å². The van der Waals surface area contributed by atoms with Gasteiger partial charge in [-0.1, -0.05) is 12.2 Å². The first-order chi connectivity index (χ1) is 9.80. The van der Waals surface area contributed by atoms with Gasteiger partial charge in [-0.15, -0.1) is 0 Å². The van der Waals surface area contributed by atoms with Crippen molar-refractivity contribution in [2.24, 2.45) is 4.99 Å². The molecule has 1 aliphatic heterocycles. The summed E-state index contributed by atoms with van der Waals surface area (Å²) in [7, 11) is 1.57. The summed E-state index contributed by atoms with van der Waals surface area (Å²) in [5.41, 5.74) is 1.14. The summed E-state index contributed by atoms with van der Waals surface area (Å²) in [6.07, 6.45) is -3.09. The first-order valence-electron chi connectivity index (χ1n) is 7.21.